The van der Waals surface area contributed by atoms with E-state index in [0.29, 0.717) is 22.7 Å². The second kappa shape index (κ2) is 6.65. The molecule has 0 spiro atoms. The lowest BCUT2D eigenvalue weighted by atomic mass is 9.95. The van der Waals surface area contributed by atoms with Crippen LogP contribution in [-0.4, -0.2) is 20.4 Å². The summed E-state index contributed by atoms with van der Waals surface area (Å²) in [4.78, 5) is 7.17. The number of benzene rings is 1. The predicted molar refractivity (Wildman–Crippen MR) is 95.2 cm³/mol. The molecular formula is C19H18F3N5. The first-order chi connectivity index (χ1) is 13.0. The number of aromatic amines is 1. The van der Waals surface area contributed by atoms with E-state index in [9.17, 15) is 18.4 Å². The molecule has 8 heteroatoms. The maximum atomic E-state index is 13.1. The average molecular weight is 373 g/mol. The van der Waals surface area contributed by atoms with Gasteiger partial charge < -0.3 is 10.3 Å². The molecule has 27 heavy (non-hydrogen) atoms. The fourth-order valence-corrected chi connectivity index (χ4v) is 3.66. The number of nitrogens with zero attached hydrogens (tertiary/aromatic N) is 3. The zero-order valence-electron chi connectivity index (χ0n) is 14.5. The topological polar surface area (TPSA) is 68.9 Å². The zero-order valence-corrected chi connectivity index (χ0v) is 14.5. The molecule has 1 saturated carbocycles. The molecule has 0 atom stereocenters. The number of nitriles is 1. The molecule has 2 aromatic heterocycles. The van der Waals surface area contributed by atoms with Gasteiger partial charge in [-0.2, -0.15) is 18.4 Å². The normalized spacial score (nSPS) is 15.8. The molecule has 140 valence electrons. The maximum Gasteiger partial charge on any atom is 0.416 e. The van der Waals surface area contributed by atoms with Crippen LogP contribution in [0.1, 0.15) is 43.4 Å². The molecule has 5 nitrogen and oxygen atoms in total. The van der Waals surface area contributed by atoms with Crippen LogP contribution < -0.4 is 5.32 Å². The highest BCUT2D eigenvalue weighted by atomic mass is 19.4. The van der Waals surface area contributed by atoms with Gasteiger partial charge in [0, 0.05) is 11.6 Å². The second-order valence-electron chi connectivity index (χ2n) is 6.83. The van der Waals surface area contributed by atoms with Gasteiger partial charge in [0.05, 0.1) is 11.3 Å². The fourth-order valence-electron chi connectivity index (χ4n) is 3.66. The Bertz CT molecular complexity index is 1000. The van der Waals surface area contributed by atoms with Crippen LogP contribution in [0.15, 0.2) is 30.6 Å². The summed E-state index contributed by atoms with van der Waals surface area (Å²) in [5.41, 5.74) is 0.918. The lowest BCUT2D eigenvalue weighted by Gasteiger charge is -2.24. The molecule has 0 saturated heterocycles. The van der Waals surface area contributed by atoms with Gasteiger partial charge in [-0.3, -0.25) is 4.40 Å². The Kier molecular flexibility index (Phi) is 4.30. The third-order valence-electron chi connectivity index (χ3n) is 5.02. The Labute approximate surface area is 153 Å². The second-order valence-corrected chi connectivity index (χ2v) is 6.83. The van der Waals surface area contributed by atoms with Gasteiger partial charge in [-0.25, -0.2) is 4.98 Å². The SMILES string of the molecule is N#Cc1ncn2c(NC3CCCCC3)c(-c3cccc(C(F)(F)F)c3)[nH]c12. The summed E-state index contributed by atoms with van der Waals surface area (Å²) in [6.07, 6.45) is 2.57. The Morgan fingerprint density at radius 1 is 1.22 bits per heavy atom. The smallest absolute Gasteiger partial charge is 0.367 e. The van der Waals surface area contributed by atoms with Crippen molar-refractivity contribution in [3.05, 3.63) is 41.9 Å². The van der Waals surface area contributed by atoms with E-state index in [-0.39, 0.29) is 11.7 Å². The third-order valence-corrected chi connectivity index (χ3v) is 5.02. The minimum absolute atomic E-state index is 0.208. The van der Waals surface area contributed by atoms with E-state index >= 15 is 0 Å². The lowest BCUT2D eigenvalue weighted by Crippen LogP contribution is -2.23. The van der Waals surface area contributed by atoms with Crippen LogP contribution in [0.25, 0.3) is 16.9 Å². The summed E-state index contributed by atoms with van der Waals surface area (Å²) < 4.78 is 41.1. The summed E-state index contributed by atoms with van der Waals surface area (Å²) in [7, 11) is 0. The molecule has 0 unspecified atom stereocenters. The van der Waals surface area contributed by atoms with Crippen LogP contribution in [0, 0.1) is 11.3 Å². The van der Waals surface area contributed by atoms with Gasteiger partial charge in [-0.1, -0.05) is 31.4 Å². The number of hydrogen-bond acceptors (Lipinski definition) is 3. The molecule has 0 amide bonds. The summed E-state index contributed by atoms with van der Waals surface area (Å²) >= 11 is 0. The van der Waals surface area contributed by atoms with Gasteiger partial charge >= 0.3 is 6.18 Å². The van der Waals surface area contributed by atoms with Crippen molar-refractivity contribution in [3.63, 3.8) is 0 Å². The number of rotatable bonds is 3. The molecule has 4 rings (SSSR count). The molecule has 2 N–H and O–H groups in total. The van der Waals surface area contributed by atoms with E-state index in [0.717, 1.165) is 37.8 Å². The van der Waals surface area contributed by atoms with Crippen molar-refractivity contribution in [1.82, 2.24) is 14.4 Å². The minimum atomic E-state index is -4.42. The van der Waals surface area contributed by atoms with Gasteiger partial charge in [0.25, 0.3) is 0 Å². The number of halogens is 3. The number of hydrogen-bond donors (Lipinski definition) is 2. The lowest BCUT2D eigenvalue weighted by molar-refractivity contribution is -0.137. The number of fused-ring (bicyclic) bond motifs is 1. The largest absolute Gasteiger partial charge is 0.416 e. The van der Waals surface area contributed by atoms with E-state index in [4.69, 9.17) is 0 Å². The highest BCUT2D eigenvalue weighted by Crippen LogP contribution is 2.36. The number of nitrogens with one attached hydrogen (secondary N) is 2. The first-order valence-corrected chi connectivity index (χ1v) is 8.90. The highest BCUT2D eigenvalue weighted by molar-refractivity contribution is 5.78. The van der Waals surface area contributed by atoms with Gasteiger partial charge in [-0.15, -0.1) is 0 Å². The van der Waals surface area contributed by atoms with Crippen molar-refractivity contribution in [2.75, 3.05) is 5.32 Å². The first-order valence-electron chi connectivity index (χ1n) is 8.90. The zero-order chi connectivity index (χ0) is 19.0. The Morgan fingerprint density at radius 3 is 2.70 bits per heavy atom. The number of H-pyrrole nitrogens is 1. The number of aromatic nitrogens is 3. The van der Waals surface area contributed by atoms with Gasteiger partial charge in [0.1, 0.15) is 18.2 Å². The van der Waals surface area contributed by atoms with Crippen molar-refractivity contribution in [1.29, 1.82) is 5.26 Å². The molecular weight excluding hydrogens is 355 g/mol. The Balaban J connectivity index is 1.83. The van der Waals surface area contributed by atoms with Crippen LogP contribution in [-0.2, 0) is 6.18 Å². The van der Waals surface area contributed by atoms with Crippen LogP contribution in [0.3, 0.4) is 0 Å². The van der Waals surface area contributed by atoms with E-state index in [1.807, 2.05) is 6.07 Å². The van der Waals surface area contributed by atoms with E-state index in [2.05, 4.69) is 15.3 Å². The minimum Gasteiger partial charge on any atom is -0.367 e. The molecule has 2 heterocycles. The highest BCUT2D eigenvalue weighted by Gasteiger charge is 2.31. The van der Waals surface area contributed by atoms with Crippen molar-refractivity contribution >= 4 is 11.5 Å². The van der Waals surface area contributed by atoms with Gasteiger partial charge in [-0.05, 0) is 25.0 Å². The monoisotopic (exact) mass is 373 g/mol. The van der Waals surface area contributed by atoms with Crippen molar-refractivity contribution < 1.29 is 13.2 Å². The van der Waals surface area contributed by atoms with Crippen LogP contribution in [0.2, 0.25) is 0 Å². The van der Waals surface area contributed by atoms with Crippen molar-refractivity contribution in [3.8, 4) is 17.3 Å². The fraction of sp³-hybridized carbons (Fsp3) is 0.368. The maximum absolute atomic E-state index is 13.1. The average Bonchev–Trinajstić information content (AvgIpc) is 3.22. The number of alkyl halides is 3. The molecule has 3 aromatic rings. The van der Waals surface area contributed by atoms with Crippen molar-refractivity contribution in [2.24, 2.45) is 0 Å². The number of anilines is 1. The Morgan fingerprint density at radius 2 is 2.00 bits per heavy atom. The molecule has 0 bridgehead atoms. The van der Waals surface area contributed by atoms with Gasteiger partial charge in [0.15, 0.2) is 11.3 Å². The van der Waals surface area contributed by atoms with Crippen molar-refractivity contribution in [2.45, 2.75) is 44.3 Å². The van der Waals surface area contributed by atoms with E-state index < -0.39 is 11.7 Å². The molecule has 0 aliphatic heterocycles. The van der Waals surface area contributed by atoms with E-state index in [1.165, 1.54) is 18.8 Å². The molecule has 1 aromatic carbocycles. The predicted octanol–water partition coefficient (Wildman–Crippen LogP) is 4.96. The standard InChI is InChI=1S/C19H18F3N5/c20-19(21,22)13-6-4-5-12(9-13)16-18(25-14-7-2-1-3-8-14)27-11-24-15(10-23)17(27)26-16/h4-6,9,11,14,25-26H,1-3,7-8H2. The van der Waals surface area contributed by atoms with Crippen LogP contribution in [0.4, 0.5) is 19.0 Å². The van der Waals surface area contributed by atoms with Gasteiger partial charge in [0.2, 0.25) is 0 Å². The molecule has 1 aliphatic carbocycles. The summed E-state index contributed by atoms with van der Waals surface area (Å²) in [5, 5.41) is 12.7. The summed E-state index contributed by atoms with van der Waals surface area (Å²) in [6, 6.07) is 7.45. The summed E-state index contributed by atoms with van der Waals surface area (Å²) in [6.45, 7) is 0. The van der Waals surface area contributed by atoms with Crippen LogP contribution in [0.5, 0.6) is 0 Å². The molecule has 1 aliphatic rings. The number of imidazole rings is 2. The van der Waals surface area contributed by atoms with Crippen LogP contribution >= 0.6 is 0 Å². The molecule has 0 radical (unpaired) electrons. The molecule has 1 fully saturated rings. The Hall–Kier alpha value is -2.95. The summed E-state index contributed by atoms with van der Waals surface area (Å²) in [5.74, 6) is 0.644. The quantitative estimate of drug-likeness (QED) is 0.681. The van der Waals surface area contributed by atoms with E-state index in [1.54, 1.807) is 10.5 Å². The first kappa shape index (κ1) is 17.5. The third kappa shape index (κ3) is 3.25.